The van der Waals surface area contributed by atoms with Crippen LogP contribution in [0.4, 0.5) is 0 Å². The van der Waals surface area contributed by atoms with Crippen molar-refractivity contribution in [1.82, 2.24) is 19.3 Å². The molecule has 3 aromatic heterocycles. The summed E-state index contributed by atoms with van der Waals surface area (Å²) in [6.07, 6.45) is 5.81. The Kier molecular flexibility index (Phi) is 9.43. The van der Waals surface area contributed by atoms with Crippen molar-refractivity contribution >= 4 is 21.8 Å². The van der Waals surface area contributed by atoms with Crippen LogP contribution in [0, 0.1) is 0 Å². The minimum Gasteiger partial charge on any atom is -0.488 e. The smallest absolute Gasteiger partial charge is 0.141 e. The Bertz CT molecular complexity index is 2350. The molecular formula is C46H50N4O2. The third-order valence-corrected chi connectivity index (χ3v) is 9.51. The summed E-state index contributed by atoms with van der Waals surface area (Å²) in [6.45, 7) is 17.4. The molecule has 266 valence electrons. The van der Waals surface area contributed by atoms with Crippen molar-refractivity contribution < 1.29 is 9.47 Å². The van der Waals surface area contributed by atoms with Gasteiger partial charge in [0.15, 0.2) is 0 Å². The zero-order chi connectivity index (χ0) is 36.6. The van der Waals surface area contributed by atoms with E-state index in [1.54, 1.807) is 0 Å². The summed E-state index contributed by atoms with van der Waals surface area (Å²) in [5.41, 5.74) is 9.04. The molecule has 3 heterocycles. The van der Waals surface area contributed by atoms with Crippen LogP contribution in [-0.4, -0.2) is 24.9 Å². The molecule has 0 radical (unpaired) electrons. The number of aromatic nitrogens is 4. The van der Waals surface area contributed by atoms with Crippen LogP contribution in [0.2, 0.25) is 0 Å². The zero-order valence-electron chi connectivity index (χ0n) is 31.8. The summed E-state index contributed by atoms with van der Waals surface area (Å²) in [6, 6.07) is 36.0. The van der Waals surface area contributed by atoms with Crippen LogP contribution < -0.4 is 9.47 Å². The molecule has 0 aliphatic heterocycles. The first-order valence-corrected chi connectivity index (χ1v) is 18.6. The monoisotopic (exact) mass is 690 g/mol. The van der Waals surface area contributed by atoms with Gasteiger partial charge in [0.05, 0.1) is 28.1 Å². The fourth-order valence-electron chi connectivity index (χ4n) is 7.02. The van der Waals surface area contributed by atoms with Crippen LogP contribution in [0.25, 0.3) is 44.4 Å². The van der Waals surface area contributed by atoms with E-state index in [9.17, 15) is 0 Å². The Hall–Kier alpha value is -5.36. The van der Waals surface area contributed by atoms with Crippen LogP contribution in [0.1, 0.15) is 85.2 Å². The number of nitrogens with zero attached hydrogens (tertiary/aromatic N) is 4. The van der Waals surface area contributed by atoms with Gasteiger partial charge in [-0.3, -0.25) is 4.57 Å². The Morgan fingerprint density at radius 3 is 2.17 bits per heavy atom. The number of ether oxygens (including phenoxy) is 2. The number of unbranched alkanes of at least 4 members (excludes halogenated alkanes) is 1. The molecule has 0 aliphatic rings. The van der Waals surface area contributed by atoms with Crippen molar-refractivity contribution in [3.63, 3.8) is 0 Å². The first kappa shape index (κ1) is 35.1. The molecular weight excluding hydrogens is 641 g/mol. The van der Waals surface area contributed by atoms with Crippen molar-refractivity contribution in [3.05, 3.63) is 126 Å². The highest BCUT2D eigenvalue weighted by molar-refractivity contribution is 6.09. The zero-order valence-corrected chi connectivity index (χ0v) is 31.8. The lowest BCUT2D eigenvalue weighted by Crippen LogP contribution is -2.23. The number of hydrogen-bond acceptors (Lipinski definition) is 4. The van der Waals surface area contributed by atoms with Crippen LogP contribution in [0.3, 0.4) is 0 Å². The van der Waals surface area contributed by atoms with Crippen molar-refractivity contribution in [2.45, 2.75) is 92.1 Å². The number of fused-ring (bicyclic) bond motifs is 3. The molecule has 0 atom stereocenters. The molecule has 7 aromatic rings. The SMILES string of the molecule is CCCCc1c(-c2ccc(C(C)(C)C)cc2)c(CC)nn1-c1cccc(Oc2ccc3c4ccccc4n(-c4cc(OC(C)(C)C)ccn4)c3c2)c1. The normalized spacial score (nSPS) is 12.2. The predicted octanol–water partition coefficient (Wildman–Crippen LogP) is 12.2. The van der Waals surface area contributed by atoms with Crippen molar-refractivity contribution in [1.29, 1.82) is 0 Å². The van der Waals surface area contributed by atoms with Gasteiger partial charge < -0.3 is 9.47 Å². The van der Waals surface area contributed by atoms with Gasteiger partial charge in [-0.1, -0.05) is 89.6 Å². The minimum atomic E-state index is -0.320. The van der Waals surface area contributed by atoms with Crippen molar-refractivity contribution in [2.75, 3.05) is 0 Å². The van der Waals surface area contributed by atoms with Gasteiger partial charge in [-0.2, -0.15) is 5.10 Å². The quantitative estimate of drug-likeness (QED) is 0.143. The second-order valence-electron chi connectivity index (χ2n) is 15.7. The highest BCUT2D eigenvalue weighted by Crippen LogP contribution is 2.37. The number of pyridine rings is 1. The molecule has 0 amide bonds. The van der Waals surface area contributed by atoms with Gasteiger partial charge >= 0.3 is 0 Å². The minimum absolute atomic E-state index is 0.103. The molecule has 0 bridgehead atoms. The van der Waals surface area contributed by atoms with E-state index in [0.29, 0.717) is 0 Å². The molecule has 0 unspecified atom stereocenters. The van der Waals surface area contributed by atoms with E-state index in [1.807, 2.05) is 30.5 Å². The average Bonchev–Trinajstić information content (AvgIpc) is 3.65. The molecule has 6 heteroatoms. The summed E-state index contributed by atoms with van der Waals surface area (Å²) in [4.78, 5) is 4.79. The van der Waals surface area contributed by atoms with Gasteiger partial charge in [0.1, 0.15) is 28.7 Å². The first-order valence-electron chi connectivity index (χ1n) is 18.6. The van der Waals surface area contributed by atoms with E-state index in [-0.39, 0.29) is 11.0 Å². The Morgan fingerprint density at radius 2 is 1.44 bits per heavy atom. The molecule has 0 fully saturated rings. The maximum Gasteiger partial charge on any atom is 0.141 e. The van der Waals surface area contributed by atoms with Crippen molar-refractivity contribution in [2.24, 2.45) is 0 Å². The molecule has 7 rings (SSSR count). The number of benzene rings is 4. The Morgan fingerprint density at radius 1 is 0.692 bits per heavy atom. The third-order valence-electron chi connectivity index (χ3n) is 9.51. The van der Waals surface area contributed by atoms with Gasteiger partial charge in [-0.25, -0.2) is 9.67 Å². The maximum atomic E-state index is 6.64. The number of aryl methyl sites for hydroxylation is 1. The van der Waals surface area contributed by atoms with Gasteiger partial charge in [0, 0.05) is 40.7 Å². The van der Waals surface area contributed by atoms with Crippen LogP contribution in [0.15, 0.2) is 109 Å². The number of para-hydroxylation sites is 1. The average molecular weight is 691 g/mol. The van der Waals surface area contributed by atoms with Crippen LogP contribution in [0.5, 0.6) is 17.2 Å². The molecule has 0 aliphatic carbocycles. The Labute approximate surface area is 308 Å². The largest absolute Gasteiger partial charge is 0.488 e. The van der Waals surface area contributed by atoms with Crippen LogP contribution in [-0.2, 0) is 18.3 Å². The van der Waals surface area contributed by atoms with Crippen LogP contribution >= 0.6 is 0 Å². The van der Waals surface area contributed by atoms with Gasteiger partial charge in [-0.05, 0) is 93.0 Å². The summed E-state index contributed by atoms with van der Waals surface area (Å²) in [5.74, 6) is 3.07. The number of rotatable bonds is 10. The molecule has 0 saturated carbocycles. The third kappa shape index (κ3) is 7.07. The topological polar surface area (TPSA) is 54.1 Å². The fraction of sp³-hybridized carbons (Fsp3) is 0.304. The highest BCUT2D eigenvalue weighted by atomic mass is 16.5. The molecule has 0 spiro atoms. The number of hydrogen-bond donors (Lipinski definition) is 0. The predicted molar refractivity (Wildman–Crippen MR) is 215 cm³/mol. The van der Waals surface area contributed by atoms with Crippen molar-refractivity contribution in [3.8, 4) is 39.9 Å². The summed E-state index contributed by atoms with van der Waals surface area (Å²) < 4.78 is 17.2. The summed E-state index contributed by atoms with van der Waals surface area (Å²) in [5, 5.41) is 7.52. The van der Waals surface area contributed by atoms with E-state index in [0.717, 1.165) is 81.9 Å². The van der Waals surface area contributed by atoms with E-state index in [2.05, 4.69) is 144 Å². The van der Waals surface area contributed by atoms with E-state index in [4.69, 9.17) is 19.6 Å². The fourth-order valence-corrected chi connectivity index (χ4v) is 7.02. The lowest BCUT2D eigenvalue weighted by atomic mass is 9.86. The summed E-state index contributed by atoms with van der Waals surface area (Å²) >= 11 is 0. The van der Waals surface area contributed by atoms with Gasteiger partial charge in [0.2, 0.25) is 0 Å². The molecule has 4 aromatic carbocycles. The second-order valence-corrected chi connectivity index (χ2v) is 15.7. The van der Waals surface area contributed by atoms with Gasteiger partial charge in [-0.15, -0.1) is 0 Å². The summed E-state index contributed by atoms with van der Waals surface area (Å²) in [7, 11) is 0. The standard InChI is InChI=1S/C46H50N4O2/c1-9-11-18-41-44(31-20-22-32(23-21-31)45(3,4)5)39(10-2)48-50(41)33-15-14-16-34(28-33)51-35-24-25-38-37-17-12-13-19-40(37)49(42(38)29-35)43-30-36(26-27-47-43)52-46(6,7)8/h12-17,19-30H,9-11,18H2,1-8H3. The first-order chi connectivity index (χ1) is 24.9. The van der Waals surface area contributed by atoms with E-state index in [1.165, 1.54) is 22.4 Å². The lowest BCUT2D eigenvalue weighted by molar-refractivity contribution is 0.131. The Balaban J connectivity index is 1.27. The van der Waals surface area contributed by atoms with E-state index < -0.39 is 0 Å². The van der Waals surface area contributed by atoms with Gasteiger partial charge in [0.25, 0.3) is 0 Å². The lowest BCUT2D eigenvalue weighted by Gasteiger charge is -2.21. The highest BCUT2D eigenvalue weighted by Gasteiger charge is 2.22. The molecule has 52 heavy (non-hydrogen) atoms. The molecule has 0 saturated heterocycles. The molecule has 0 N–H and O–H groups in total. The van der Waals surface area contributed by atoms with E-state index >= 15 is 0 Å². The maximum absolute atomic E-state index is 6.64. The second kappa shape index (κ2) is 14.0. The molecule has 6 nitrogen and oxygen atoms in total.